The van der Waals surface area contributed by atoms with Crippen LogP contribution in [0.15, 0.2) is 18.2 Å². The Balaban J connectivity index is 2.33. The number of halogens is 1. The van der Waals surface area contributed by atoms with Crippen LogP contribution in [0.3, 0.4) is 0 Å². The van der Waals surface area contributed by atoms with E-state index in [0.717, 1.165) is 17.8 Å². The lowest BCUT2D eigenvalue weighted by Crippen LogP contribution is -2.30. The second kappa shape index (κ2) is 5.54. The SMILES string of the molecule is NC(=S)c1ccc(Cl)cc1N1CCNC(=O)CC1. The molecule has 1 aliphatic rings. The Hall–Kier alpha value is -1.33. The molecule has 1 aliphatic heterocycles. The van der Waals surface area contributed by atoms with Gasteiger partial charge in [-0.2, -0.15) is 0 Å². The van der Waals surface area contributed by atoms with Crippen molar-refractivity contribution in [3.8, 4) is 0 Å². The molecule has 0 aliphatic carbocycles. The summed E-state index contributed by atoms with van der Waals surface area (Å²) in [6, 6.07) is 5.42. The summed E-state index contributed by atoms with van der Waals surface area (Å²) < 4.78 is 0. The monoisotopic (exact) mass is 283 g/mol. The topological polar surface area (TPSA) is 58.4 Å². The first-order valence-electron chi connectivity index (χ1n) is 5.69. The maximum absolute atomic E-state index is 11.3. The zero-order valence-corrected chi connectivity index (χ0v) is 11.4. The van der Waals surface area contributed by atoms with E-state index in [-0.39, 0.29) is 5.91 Å². The molecule has 6 heteroatoms. The number of nitrogens with two attached hydrogens (primary N) is 1. The standard InChI is InChI=1S/C12H14ClN3OS/c13-8-1-2-9(12(14)18)10(7-8)16-5-3-11(17)15-4-6-16/h1-2,7H,3-6H2,(H2,14,18)(H,15,17). The van der Waals surface area contributed by atoms with Crippen molar-refractivity contribution in [2.24, 2.45) is 5.73 Å². The molecule has 0 radical (unpaired) electrons. The van der Waals surface area contributed by atoms with Gasteiger partial charge in [0.25, 0.3) is 0 Å². The molecule has 0 aromatic heterocycles. The van der Waals surface area contributed by atoms with Crippen molar-refractivity contribution >= 4 is 40.4 Å². The van der Waals surface area contributed by atoms with E-state index < -0.39 is 0 Å². The van der Waals surface area contributed by atoms with Crippen LogP contribution < -0.4 is 16.0 Å². The minimum atomic E-state index is 0.0661. The van der Waals surface area contributed by atoms with Gasteiger partial charge >= 0.3 is 0 Å². The minimum Gasteiger partial charge on any atom is -0.389 e. The average molecular weight is 284 g/mol. The second-order valence-electron chi connectivity index (χ2n) is 4.11. The Morgan fingerprint density at radius 1 is 1.44 bits per heavy atom. The van der Waals surface area contributed by atoms with Crippen molar-refractivity contribution in [3.63, 3.8) is 0 Å². The van der Waals surface area contributed by atoms with Gasteiger partial charge in [-0.15, -0.1) is 0 Å². The lowest BCUT2D eigenvalue weighted by atomic mass is 10.1. The Bertz CT molecular complexity index is 492. The highest BCUT2D eigenvalue weighted by atomic mass is 35.5. The third-order valence-electron chi connectivity index (χ3n) is 2.88. The number of amides is 1. The van der Waals surface area contributed by atoms with E-state index in [1.807, 2.05) is 12.1 Å². The van der Waals surface area contributed by atoms with Crippen molar-refractivity contribution in [2.75, 3.05) is 24.5 Å². The van der Waals surface area contributed by atoms with Crippen molar-refractivity contribution in [1.29, 1.82) is 0 Å². The van der Waals surface area contributed by atoms with Gasteiger partial charge in [0.05, 0.1) is 0 Å². The van der Waals surface area contributed by atoms with Gasteiger partial charge in [0.2, 0.25) is 5.91 Å². The first-order chi connectivity index (χ1) is 8.58. The number of nitrogens with zero attached hydrogens (tertiary/aromatic N) is 1. The van der Waals surface area contributed by atoms with Crippen molar-refractivity contribution in [2.45, 2.75) is 6.42 Å². The highest BCUT2D eigenvalue weighted by Gasteiger charge is 2.17. The average Bonchev–Trinajstić information content (AvgIpc) is 2.53. The number of hydrogen-bond acceptors (Lipinski definition) is 3. The number of anilines is 1. The summed E-state index contributed by atoms with van der Waals surface area (Å²) >= 11 is 11.1. The number of benzene rings is 1. The molecule has 0 bridgehead atoms. The molecule has 1 heterocycles. The van der Waals surface area contributed by atoms with Crippen molar-refractivity contribution in [3.05, 3.63) is 28.8 Å². The Morgan fingerprint density at radius 3 is 2.94 bits per heavy atom. The van der Waals surface area contributed by atoms with E-state index in [9.17, 15) is 4.79 Å². The lowest BCUT2D eigenvalue weighted by Gasteiger charge is -2.24. The maximum atomic E-state index is 11.3. The van der Waals surface area contributed by atoms with Gasteiger partial charge in [0, 0.05) is 42.3 Å². The second-order valence-corrected chi connectivity index (χ2v) is 4.99. The number of rotatable bonds is 2. The quantitative estimate of drug-likeness (QED) is 0.804. The molecule has 96 valence electrons. The first-order valence-corrected chi connectivity index (χ1v) is 6.47. The molecule has 1 fully saturated rings. The summed E-state index contributed by atoms with van der Waals surface area (Å²) in [6.45, 7) is 1.98. The molecule has 0 unspecified atom stereocenters. The third-order valence-corrected chi connectivity index (χ3v) is 3.33. The van der Waals surface area contributed by atoms with Gasteiger partial charge < -0.3 is 16.0 Å². The van der Waals surface area contributed by atoms with Crippen molar-refractivity contribution < 1.29 is 4.79 Å². The fourth-order valence-corrected chi connectivity index (χ4v) is 2.32. The van der Waals surface area contributed by atoms with E-state index in [1.54, 1.807) is 6.07 Å². The van der Waals surface area contributed by atoms with Crippen LogP contribution in [0.1, 0.15) is 12.0 Å². The van der Waals surface area contributed by atoms with Gasteiger partial charge in [-0.25, -0.2) is 0 Å². The van der Waals surface area contributed by atoms with Crippen LogP contribution >= 0.6 is 23.8 Å². The van der Waals surface area contributed by atoms with E-state index >= 15 is 0 Å². The molecule has 2 rings (SSSR count). The van der Waals surface area contributed by atoms with Crippen LogP contribution in [0.5, 0.6) is 0 Å². The fraction of sp³-hybridized carbons (Fsp3) is 0.333. The molecule has 1 saturated heterocycles. The predicted molar refractivity (Wildman–Crippen MR) is 77.2 cm³/mol. The van der Waals surface area contributed by atoms with Crippen LogP contribution in [-0.2, 0) is 4.79 Å². The number of carbonyl (C=O) groups is 1. The molecule has 4 nitrogen and oxygen atoms in total. The molecule has 1 amide bonds. The van der Waals surface area contributed by atoms with Crippen molar-refractivity contribution in [1.82, 2.24) is 5.32 Å². The van der Waals surface area contributed by atoms with Gasteiger partial charge in [0.1, 0.15) is 4.99 Å². The van der Waals surface area contributed by atoms with Gasteiger partial charge in [0.15, 0.2) is 0 Å². The number of thiocarbonyl (C=S) groups is 1. The van der Waals surface area contributed by atoms with Crippen LogP contribution in [0.25, 0.3) is 0 Å². The van der Waals surface area contributed by atoms with Gasteiger partial charge in [-0.3, -0.25) is 4.79 Å². The van der Waals surface area contributed by atoms with Crippen LogP contribution in [-0.4, -0.2) is 30.5 Å². The molecular formula is C12H14ClN3OS. The summed E-state index contributed by atoms with van der Waals surface area (Å²) in [5.41, 5.74) is 7.41. The van der Waals surface area contributed by atoms with E-state index in [0.29, 0.717) is 29.5 Å². The van der Waals surface area contributed by atoms with E-state index in [4.69, 9.17) is 29.6 Å². The Labute approximate surface area is 116 Å². The lowest BCUT2D eigenvalue weighted by molar-refractivity contribution is -0.120. The van der Waals surface area contributed by atoms with Crippen LogP contribution in [0, 0.1) is 0 Å². The molecule has 0 spiro atoms. The molecule has 0 saturated carbocycles. The third kappa shape index (κ3) is 2.91. The zero-order chi connectivity index (χ0) is 13.1. The van der Waals surface area contributed by atoms with E-state index in [1.165, 1.54) is 0 Å². The summed E-state index contributed by atoms with van der Waals surface area (Å²) in [7, 11) is 0. The maximum Gasteiger partial charge on any atom is 0.221 e. The largest absolute Gasteiger partial charge is 0.389 e. The number of nitrogens with one attached hydrogen (secondary N) is 1. The minimum absolute atomic E-state index is 0.0661. The Morgan fingerprint density at radius 2 is 2.22 bits per heavy atom. The Kier molecular flexibility index (Phi) is 4.04. The highest BCUT2D eigenvalue weighted by molar-refractivity contribution is 7.80. The normalized spacial score (nSPS) is 16.1. The van der Waals surface area contributed by atoms with Crippen LogP contribution in [0.4, 0.5) is 5.69 Å². The van der Waals surface area contributed by atoms with Gasteiger partial charge in [-0.05, 0) is 18.2 Å². The highest BCUT2D eigenvalue weighted by Crippen LogP contribution is 2.25. The fourth-order valence-electron chi connectivity index (χ4n) is 1.98. The first kappa shape index (κ1) is 13.1. The zero-order valence-electron chi connectivity index (χ0n) is 9.78. The van der Waals surface area contributed by atoms with E-state index in [2.05, 4.69) is 10.2 Å². The number of hydrogen-bond donors (Lipinski definition) is 2. The summed E-state index contributed by atoms with van der Waals surface area (Å²) in [5, 5.41) is 3.46. The summed E-state index contributed by atoms with van der Waals surface area (Å²) in [6.07, 6.45) is 0.462. The molecular weight excluding hydrogens is 270 g/mol. The van der Waals surface area contributed by atoms with Gasteiger partial charge in [-0.1, -0.05) is 23.8 Å². The molecule has 3 N–H and O–H groups in total. The summed E-state index contributed by atoms with van der Waals surface area (Å²) in [5.74, 6) is 0.0661. The molecule has 18 heavy (non-hydrogen) atoms. The summed E-state index contributed by atoms with van der Waals surface area (Å²) in [4.78, 5) is 13.8. The van der Waals surface area contributed by atoms with Crippen LogP contribution in [0.2, 0.25) is 5.02 Å². The molecule has 0 atom stereocenters. The smallest absolute Gasteiger partial charge is 0.221 e. The molecule has 1 aromatic rings. The predicted octanol–water partition coefficient (Wildman–Crippen LogP) is 1.30. The molecule has 1 aromatic carbocycles. The number of carbonyl (C=O) groups excluding carboxylic acids is 1.